The van der Waals surface area contributed by atoms with Gasteiger partial charge in [0.2, 0.25) is 0 Å². The van der Waals surface area contributed by atoms with Crippen molar-refractivity contribution < 1.29 is 8.81 Å². The van der Waals surface area contributed by atoms with E-state index in [2.05, 4.69) is 0 Å². The summed E-state index contributed by atoms with van der Waals surface area (Å²) in [7, 11) is 0. The van der Waals surface area contributed by atoms with Crippen molar-refractivity contribution in [2.24, 2.45) is 0 Å². The maximum absolute atomic E-state index is 13.3. The lowest BCUT2D eigenvalue weighted by Crippen LogP contribution is -1.82. The summed E-state index contributed by atoms with van der Waals surface area (Å²) in [5.41, 5.74) is 1.47. The molecule has 0 radical (unpaired) electrons. The van der Waals surface area contributed by atoms with Gasteiger partial charge in [-0.15, -0.1) is 0 Å². The Hall–Kier alpha value is -1.57. The minimum atomic E-state index is -0.249. The summed E-state index contributed by atoms with van der Waals surface area (Å²) in [6.45, 7) is 1.89. The average molecular weight is 176 g/mol. The van der Waals surface area contributed by atoms with E-state index in [9.17, 15) is 4.39 Å². The number of hydrogen-bond acceptors (Lipinski definition) is 1. The predicted molar refractivity (Wildman–Crippen MR) is 48.8 cm³/mol. The van der Waals surface area contributed by atoms with Crippen LogP contribution < -0.4 is 0 Å². The van der Waals surface area contributed by atoms with Gasteiger partial charge in [0.15, 0.2) is 0 Å². The Morgan fingerprint density at radius 1 is 1.15 bits per heavy atom. The molecule has 66 valence electrons. The highest BCUT2D eigenvalue weighted by Crippen LogP contribution is 2.26. The Morgan fingerprint density at radius 2 is 1.92 bits per heavy atom. The number of furan rings is 1. The van der Waals surface area contributed by atoms with Crippen LogP contribution in [0.5, 0.6) is 0 Å². The van der Waals surface area contributed by atoms with E-state index in [-0.39, 0.29) is 5.82 Å². The van der Waals surface area contributed by atoms with Crippen LogP contribution >= 0.6 is 0 Å². The second kappa shape index (κ2) is 3.05. The van der Waals surface area contributed by atoms with Gasteiger partial charge in [-0.05, 0) is 30.7 Å². The van der Waals surface area contributed by atoms with Gasteiger partial charge in [0, 0.05) is 0 Å². The Labute approximate surface area is 75.8 Å². The van der Waals surface area contributed by atoms with Crippen molar-refractivity contribution >= 4 is 0 Å². The van der Waals surface area contributed by atoms with Crippen LogP contribution in [-0.2, 0) is 0 Å². The van der Waals surface area contributed by atoms with Crippen molar-refractivity contribution in [3.63, 3.8) is 0 Å². The number of aryl methyl sites for hydroxylation is 1. The van der Waals surface area contributed by atoms with Crippen molar-refractivity contribution in [2.45, 2.75) is 6.92 Å². The van der Waals surface area contributed by atoms with Gasteiger partial charge in [0.1, 0.15) is 11.6 Å². The molecular weight excluding hydrogens is 167 g/mol. The lowest BCUT2D eigenvalue weighted by molar-refractivity contribution is 0.568. The minimum Gasteiger partial charge on any atom is -0.464 e. The maximum atomic E-state index is 13.3. The number of hydrogen-bond donors (Lipinski definition) is 0. The zero-order valence-electron chi connectivity index (χ0n) is 7.25. The van der Waals surface area contributed by atoms with Gasteiger partial charge in [-0.1, -0.05) is 12.1 Å². The van der Waals surface area contributed by atoms with Gasteiger partial charge in [-0.3, -0.25) is 0 Å². The summed E-state index contributed by atoms with van der Waals surface area (Å²) >= 11 is 0. The molecule has 0 saturated carbocycles. The van der Waals surface area contributed by atoms with Gasteiger partial charge in [0.05, 0.1) is 11.8 Å². The molecule has 13 heavy (non-hydrogen) atoms. The molecule has 0 spiro atoms. The molecule has 1 heterocycles. The van der Waals surface area contributed by atoms with E-state index >= 15 is 0 Å². The molecule has 1 aromatic carbocycles. The monoisotopic (exact) mass is 176 g/mol. The fraction of sp³-hybridized carbons (Fsp3) is 0.0909. The third kappa shape index (κ3) is 1.35. The Morgan fingerprint density at radius 3 is 2.54 bits per heavy atom. The summed E-state index contributed by atoms with van der Waals surface area (Å²) in [5, 5.41) is 0. The summed E-state index contributed by atoms with van der Waals surface area (Å²) in [5.74, 6) is 0.360. The van der Waals surface area contributed by atoms with Crippen LogP contribution in [0.25, 0.3) is 11.3 Å². The minimum absolute atomic E-state index is 0.249. The van der Waals surface area contributed by atoms with E-state index in [0.717, 1.165) is 5.56 Å². The summed E-state index contributed by atoms with van der Waals surface area (Å²) in [6, 6.07) is 8.41. The van der Waals surface area contributed by atoms with Crippen molar-refractivity contribution in [3.8, 4) is 11.3 Å². The standard InChI is InChI=1S/C11H9FO/c1-8-6-7-13-11(8)9-4-2-3-5-10(9)12/h2-7H,1H3. The third-order valence-electron chi connectivity index (χ3n) is 1.98. The van der Waals surface area contributed by atoms with Gasteiger partial charge in [-0.2, -0.15) is 0 Å². The van der Waals surface area contributed by atoms with Gasteiger partial charge < -0.3 is 4.42 Å². The fourth-order valence-electron chi connectivity index (χ4n) is 1.29. The first-order valence-electron chi connectivity index (χ1n) is 4.08. The maximum Gasteiger partial charge on any atom is 0.139 e. The normalized spacial score (nSPS) is 10.3. The molecule has 2 rings (SSSR count). The van der Waals surface area contributed by atoms with Crippen molar-refractivity contribution in [1.29, 1.82) is 0 Å². The lowest BCUT2D eigenvalue weighted by Gasteiger charge is -1.99. The molecule has 0 amide bonds. The van der Waals surface area contributed by atoms with Gasteiger partial charge in [-0.25, -0.2) is 4.39 Å². The second-order valence-corrected chi connectivity index (χ2v) is 2.91. The van der Waals surface area contributed by atoms with Crippen molar-refractivity contribution in [3.05, 3.63) is 48.0 Å². The molecule has 0 fully saturated rings. The predicted octanol–water partition coefficient (Wildman–Crippen LogP) is 3.39. The van der Waals surface area contributed by atoms with Crippen molar-refractivity contribution in [2.75, 3.05) is 0 Å². The van der Waals surface area contributed by atoms with E-state index in [4.69, 9.17) is 4.42 Å². The molecule has 1 nitrogen and oxygen atoms in total. The SMILES string of the molecule is Cc1ccoc1-c1ccccc1F. The van der Waals surface area contributed by atoms with E-state index in [1.54, 1.807) is 24.5 Å². The molecule has 0 unspecified atom stereocenters. The highest BCUT2D eigenvalue weighted by molar-refractivity contribution is 5.61. The molecule has 0 N–H and O–H groups in total. The summed E-state index contributed by atoms with van der Waals surface area (Å²) in [4.78, 5) is 0. The average Bonchev–Trinajstić information content (AvgIpc) is 2.52. The molecular formula is C11H9FO. The van der Waals surface area contributed by atoms with Crippen LogP contribution in [-0.4, -0.2) is 0 Å². The van der Waals surface area contributed by atoms with Gasteiger partial charge >= 0.3 is 0 Å². The van der Waals surface area contributed by atoms with Crippen LogP contribution in [0.2, 0.25) is 0 Å². The molecule has 0 bridgehead atoms. The zero-order valence-corrected chi connectivity index (χ0v) is 7.25. The van der Waals surface area contributed by atoms with Crippen LogP contribution in [0.1, 0.15) is 5.56 Å². The van der Waals surface area contributed by atoms with Crippen LogP contribution in [0.3, 0.4) is 0 Å². The van der Waals surface area contributed by atoms with E-state index < -0.39 is 0 Å². The highest BCUT2D eigenvalue weighted by atomic mass is 19.1. The fourth-order valence-corrected chi connectivity index (χ4v) is 1.29. The molecule has 0 aliphatic rings. The topological polar surface area (TPSA) is 13.1 Å². The summed E-state index contributed by atoms with van der Waals surface area (Å²) < 4.78 is 18.5. The number of benzene rings is 1. The van der Waals surface area contributed by atoms with Gasteiger partial charge in [0.25, 0.3) is 0 Å². The largest absolute Gasteiger partial charge is 0.464 e. The van der Waals surface area contributed by atoms with Crippen LogP contribution in [0.15, 0.2) is 41.0 Å². The summed E-state index contributed by atoms with van der Waals surface area (Å²) in [6.07, 6.45) is 1.57. The van der Waals surface area contributed by atoms with E-state index in [1.165, 1.54) is 6.07 Å². The number of halogens is 1. The lowest BCUT2D eigenvalue weighted by atomic mass is 10.1. The smallest absolute Gasteiger partial charge is 0.139 e. The molecule has 1 aromatic heterocycles. The molecule has 2 heteroatoms. The third-order valence-corrected chi connectivity index (χ3v) is 1.98. The Bertz CT molecular complexity index is 418. The Balaban J connectivity index is 2.59. The van der Waals surface area contributed by atoms with E-state index in [0.29, 0.717) is 11.3 Å². The zero-order chi connectivity index (χ0) is 9.26. The first kappa shape index (κ1) is 8.05. The number of rotatable bonds is 1. The highest BCUT2D eigenvalue weighted by Gasteiger charge is 2.08. The molecule has 0 aliphatic heterocycles. The molecule has 0 aliphatic carbocycles. The molecule has 0 saturated heterocycles. The first-order valence-corrected chi connectivity index (χ1v) is 4.08. The van der Waals surface area contributed by atoms with Crippen LogP contribution in [0, 0.1) is 12.7 Å². The first-order chi connectivity index (χ1) is 6.29. The van der Waals surface area contributed by atoms with E-state index in [1.807, 2.05) is 13.0 Å². The van der Waals surface area contributed by atoms with Crippen molar-refractivity contribution in [1.82, 2.24) is 0 Å². The molecule has 0 atom stereocenters. The Kier molecular flexibility index (Phi) is 1.89. The quantitative estimate of drug-likeness (QED) is 0.649. The van der Waals surface area contributed by atoms with Crippen LogP contribution in [0.4, 0.5) is 4.39 Å². The second-order valence-electron chi connectivity index (χ2n) is 2.91. The molecule has 2 aromatic rings.